The van der Waals surface area contributed by atoms with E-state index in [2.05, 4.69) is 37.7 Å². The summed E-state index contributed by atoms with van der Waals surface area (Å²) in [6.07, 6.45) is 5.54. The molecule has 1 rings (SSSR count). The summed E-state index contributed by atoms with van der Waals surface area (Å²) in [5.74, 6) is 0. The summed E-state index contributed by atoms with van der Waals surface area (Å²) in [6.45, 7) is 7.53. The zero-order chi connectivity index (χ0) is 12.9. The predicted molar refractivity (Wildman–Crippen MR) is 72.2 cm³/mol. The molecular weight excluding hydrogens is 212 g/mol. The van der Waals surface area contributed by atoms with E-state index in [9.17, 15) is 4.79 Å². The number of carbonyl (C=O) groups is 1. The molecule has 0 aromatic rings. The normalized spacial score (nSPS) is 19.8. The van der Waals surface area contributed by atoms with E-state index in [4.69, 9.17) is 0 Å². The molecule has 0 bridgehead atoms. The van der Waals surface area contributed by atoms with Crippen molar-refractivity contribution in [3.8, 4) is 0 Å². The van der Waals surface area contributed by atoms with Crippen molar-refractivity contribution >= 4 is 6.29 Å². The topological polar surface area (TPSA) is 23.6 Å². The maximum atomic E-state index is 11.3. The lowest BCUT2D eigenvalue weighted by Gasteiger charge is -2.39. The van der Waals surface area contributed by atoms with E-state index in [-0.39, 0.29) is 5.41 Å². The fourth-order valence-electron chi connectivity index (χ4n) is 2.74. The van der Waals surface area contributed by atoms with Gasteiger partial charge in [0.1, 0.15) is 6.29 Å². The lowest BCUT2D eigenvalue weighted by atomic mass is 9.83. The van der Waals surface area contributed by atoms with Gasteiger partial charge in [-0.3, -0.25) is 0 Å². The third kappa shape index (κ3) is 3.78. The Morgan fingerprint density at radius 2 is 1.82 bits per heavy atom. The highest BCUT2D eigenvalue weighted by atomic mass is 16.1. The Morgan fingerprint density at radius 3 is 2.24 bits per heavy atom. The van der Waals surface area contributed by atoms with Gasteiger partial charge in [0.25, 0.3) is 0 Å². The Labute approximate surface area is 106 Å². The Morgan fingerprint density at radius 1 is 1.29 bits per heavy atom. The number of aldehydes is 1. The Bertz CT molecular complexity index is 230. The van der Waals surface area contributed by atoms with Crippen molar-refractivity contribution in [2.45, 2.75) is 45.6 Å². The summed E-state index contributed by atoms with van der Waals surface area (Å²) in [4.78, 5) is 16.1. The third-order valence-corrected chi connectivity index (χ3v) is 4.53. The van der Waals surface area contributed by atoms with Crippen LogP contribution < -0.4 is 0 Å². The molecule has 0 aliphatic carbocycles. The lowest BCUT2D eigenvalue weighted by Crippen LogP contribution is -2.46. The van der Waals surface area contributed by atoms with Crippen LogP contribution in [0.5, 0.6) is 0 Å². The van der Waals surface area contributed by atoms with Crippen LogP contribution in [0.4, 0.5) is 0 Å². The fraction of sp³-hybridized carbons (Fsp3) is 0.929. The molecule has 1 fully saturated rings. The van der Waals surface area contributed by atoms with Crippen LogP contribution in [0.25, 0.3) is 0 Å². The van der Waals surface area contributed by atoms with E-state index in [1.54, 1.807) is 0 Å². The molecule has 0 spiro atoms. The molecule has 0 saturated carbocycles. The van der Waals surface area contributed by atoms with Gasteiger partial charge in [-0.15, -0.1) is 0 Å². The van der Waals surface area contributed by atoms with Gasteiger partial charge in [-0.25, -0.2) is 0 Å². The van der Waals surface area contributed by atoms with Gasteiger partial charge >= 0.3 is 0 Å². The number of carbonyl (C=O) groups excluding carboxylic acids is 1. The van der Waals surface area contributed by atoms with Crippen LogP contribution in [0, 0.1) is 5.41 Å². The Balaban J connectivity index is 2.52. The van der Waals surface area contributed by atoms with Crippen molar-refractivity contribution in [1.82, 2.24) is 9.80 Å². The molecule has 0 aromatic heterocycles. The number of nitrogens with zero attached hydrogens (tertiary/aromatic N) is 2. The maximum absolute atomic E-state index is 11.3. The van der Waals surface area contributed by atoms with Gasteiger partial charge in [-0.1, -0.05) is 13.8 Å². The number of piperidine rings is 1. The molecule has 17 heavy (non-hydrogen) atoms. The summed E-state index contributed by atoms with van der Waals surface area (Å²) < 4.78 is 0. The van der Waals surface area contributed by atoms with Crippen molar-refractivity contribution < 1.29 is 4.79 Å². The van der Waals surface area contributed by atoms with Crippen LogP contribution in [0.2, 0.25) is 0 Å². The van der Waals surface area contributed by atoms with E-state index in [1.165, 1.54) is 32.2 Å². The molecule has 0 radical (unpaired) electrons. The van der Waals surface area contributed by atoms with E-state index >= 15 is 0 Å². The highest BCUT2D eigenvalue weighted by Crippen LogP contribution is 2.26. The summed E-state index contributed by atoms with van der Waals surface area (Å²) >= 11 is 0. The van der Waals surface area contributed by atoms with Gasteiger partial charge in [0.05, 0.1) is 0 Å². The van der Waals surface area contributed by atoms with Gasteiger partial charge in [0.15, 0.2) is 0 Å². The van der Waals surface area contributed by atoms with Crippen LogP contribution in [0.3, 0.4) is 0 Å². The van der Waals surface area contributed by atoms with Crippen molar-refractivity contribution in [2.24, 2.45) is 5.41 Å². The molecule has 0 N–H and O–H groups in total. The van der Waals surface area contributed by atoms with Crippen LogP contribution in [0.15, 0.2) is 0 Å². The molecule has 100 valence electrons. The molecular formula is C14H28N2O. The standard InChI is InChI=1S/C14H28N2O/c1-5-14(6-2,12-17)11-16(4)13-7-9-15(3)10-8-13/h12-13H,5-11H2,1-4H3. The molecule has 0 unspecified atom stereocenters. The number of hydrogen-bond donors (Lipinski definition) is 0. The summed E-state index contributed by atoms with van der Waals surface area (Å²) in [6, 6.07) is 0.656. The maximum Gasteiger partial charge on any atom is 0.127 e. The second-order valence-corrected chi connectivity index (χ2v) is 5.64. The van der Waals surface area contributed by atoms with Crippen LogP contribution in [0.1, 0.15) is 39.5 Å². The first-order chi connectivity index (χ1) is 8.06. The number of hydrogen-bond acceptors (Lipinski definition) is 3. The molecule has 3 nitrogen and oxygen atoms in total. The van der Waals surface area contributed by atoms with Gasteiger partial charge in [-0.2, -0.15) is 0 Å². The van der Waals surface area contributed by atoms with E-state index < -0.39 is 0 Å². The minimum absolute atomic E-state index is 0.127. The molecule has 1 aliphatic rings. The quantitative estimate of drug-likeness (QED) is 0.664. The average Bonchev–Trinajstić information content (AvgIpc) is 2.37. The van der Waals surface area contributed by atoms with Crippen molar-refractivity contribution in [3.05, 3.63) is 0 Å². The Hall–Kier alpha value is -0.410. The summed E-state index contributed by atoms with van der Waals surface area (Å²) in [5, 5.41) is 0. The summed E-state index contributed by atoms with van der Waals surface area (Å²) in [5.41, 5.74) is -0.127. The van der Waals surface area contributed by atoms with Gasteiger partial charge in [0.2, 0.25) is 0 Å². The van der Waals surface area contributed by atoms with Crippen molar-refractivity contribution in [2.75, 3.05) is 33.7 Å². The Kier molecular flexibility index (Phi) is 5.60. The van der Waals surface area contributed by atoms with Crippen LogP contribution in [-0.2, 0) is 4.79 Å². The molecule has 0 aromatic carbocycles. The van der Waals surface area contributed by atoms with E-state index in [1.807, 2.05) is 0 Å². The molecule has 1 heterocycles. The second kappa shape index (κ2) is 6.50. The first-order valence-corrected chi connectivity index (χ1v) is 6.92. The predicted octanol–water partition coefficient (Wildman–Crippen LogP) is 2.02. The fourth-order valence-corrected chi connectivity index (χ4v) is 2.74. The first kappa shape index (κ1) is 14.7. The SMILES string of the molecule is CCC(C=O)(CC)CN(C)C1CCN(C)CC1. The van der Waals surface area contributed by atoms with Crippen molar-refractivity contribution in [1.29, 1.82) is 0 Å². The largest absolute Gasteiger partial charge is 0.306 e. The van der Waals surface area contributed by atoms with Gasteiger partial charge in [-0.05, 0) is 52.9 Å². The third-order valence-electron chi connectivity index (χ3n) is 4.53. The average molecular weight is 240 g/mol. The molecule has 0 atom stereocenters. The second-order valence-electron chi connectivity index (χ2n) is 5.64. The summed E-state index contributed by atoms with van der Waals surface area (Å²) in [7, 11) is 4.36. The zero-order valence-electron chi connectivity index (χ0n) is 11.9. The highest BCUT2D eigenvalue weighted by molar-refractivity contribution is 5.59. The van der Waals surface area contributed by atoms with Crippen LogP contribution in [-0.4, -0.2) is 55.9 Å². The number of likely N-dealkylation sites (tertiary alicyclic amines) is 1. The minimum Gasteiger partial charge on any atom is -0.306 e. The monoisotopic (exact) mass is 240 g/mol. The van der Waals surface area contributed by atoms with Gasteiger partial charge < -0.3 is 14.6 Å². The van der Waals surface area contributed by atoms with E-state index in [0.29, 0.717) is 6.04 Å². The minimum atomic E-state index is -0.127. The van der Waals surface area contributed by atoms with Crippen LogP contribution >= 0.6 is 0 Å². The highest BCUT2D eigenvalue weighted by Gasteiger charge is 2.30. The zero-order valence-corrected chi connectivity index (χ0v) is 11.9. The molecule has 1 aliphatic heterocycles. The lowest BCUT2D eigenvalue weighted by molar-refractivity contribution is -0.118. The van der Waals surface area contributed by atoms with E-state index in [0.717, 1.165) is 19.4 Å². The van der Waals surface area contributed by atoms with Crippen molar-refractivity contribution in [3.63, 3.8) is 0 Å². The molecule has 3 heteroatoms. The smallest absolute Gasteiger partial charge is 0.127 e. The first-order valence-electron chi connectivity index (χ1n) is 6.92. The molecule has 0 amide bonds. The number of rotatable bonds is 6. The van der Waals surface area contributed by atoms with Gasteiger partial charge in [0, 0.05) is 18.0 Å². The molecule has 1 saturated heterocycles.